The van der Waals surface area contributed by atoms with Crippen LogP contribution in [0.4, 0.5) is 11.4 Å². The zero-order chi connectivity index (χ0) is 19.7. The molecular weight excluding hydrogens is 689 g/mol. The zero-order valence-electron chi connectivity index (χ0n) is 18.5. The van der Waals surface area contributed by atoms with Crippen LogP contribution in [0.3, 0.4) is 0 Å². The summed E-state index contributed by atoms with van der Waals surface area (Å²) in [7, 11) is -3.04. The third kappa shape index (κ3) is 7.52. The molecule has 0 spiro atoms. The Hall–Kier alpha value is 0.552. The first-order valence-electron chi connectivity index (χ1n) is 8.57. The van der Waals surface area contributed by atoms with Gasteiger partial charge in [0.05, 0.1) is 0 Å². The Morgan fingerprint density at radius 3 is 1.84 bits per heavy atom. The molecule has 0 aromatic heterocycles. The number of nitrogens with zero attached hydrogens (tertiary/aromatic N) is 1. The molecule has 0 aliphatic carbocycles. The van der Waals surface area contributed by atoms with Gasteiger partial charge in [0, 0.05) is 101 Å². The predicted octanol–water partition coefficient (Wildman–Crippen LogP) is 1.83. The molecule has 0 saturated heterocycles. The summed E-state index contributed by atoms with van der Waals surface area (Å²) in [5.41, 5.74) is 4.13. The number of para-hydroxylation sites is 2. The average Bonchev–Trinajstić information content (AvgIpc) is 2.68. The van der Waals surface area contributed by atoms with Crippen LogP contribution in [0.5, 0.6) is 0 Å². The van der Waals surface area contributed by atoms with Crippen LogP contribution in [-0.4, -0.2) is 41.5 Å². The standard InChI is InChI=1S/C21H18NO4PS.CH3.2Na.U/c1-22-18-13-7-5-11-16(18)20(17-12-6-8-14-19(17)22)21(26-27(23,24)25)28-15-9-3-2-4-10-15;;;;/h2-14H,1H3,(H2,23,24,25);1H3;;;/q;-1;;+1;/p-1. The molecule has 1 heterocycles. The van der Waals surface area contributed by atoms with Crippen LogP contribution in [0.15, 0.2) is 88.8 Å². The fraction of sp³-hybridized carbons (Fsp3) is 0.0455. The number of rotatable bonds is 4. The Kier molecular flexibility index (Phi) is 14.4. The average molecular weight is 709 g/mol. The molecule has 5 nitrogen and oxygen atoms in total. The first kappa shape index (κ1) is 32.6. The molecule has 32 heavy (non-hydrogen) atoms. The van der Waals surface area contributed by atoms with Gasteiger partial charge in [0.15, 0.2) is 5.09 Å². The van der Waals surface area contributed by atoms with E-state index in [2.05, 4.69) is 4.90 Å². The quantitative estimate of drug-likeness (QED) is 0.147. The first-order chi connectivity index (χ1) is 13.4. The van der Waals surface area contributed by atoms with E-state index in [0.717, 1.165) is 39.2 Å². The van der Waals surface area contributed by atoms with Gasteiger partial charge in [-0.15, -0.1) is 0 Å². The molecule has 1 radical (unpaired) electrons. The molecule has 0 amide bonds. The maximum Gasteiger partial charge on any atom is 1.00 e. The van der Waals surface area contributed by atoms with Gasteiger partial charge in [-0.2, -0.15) is 0 Å². The molecule has 0 saturated carbocycles. The molecule has 1 aliphatic heterocycles. The van der Waals surface area contributed by atoms with E-state index in [1.54, 1.807) is 0 Å². The Balaban J connectivity index is 0.00000240. The van der Waals surface area contributed by atoms with Crippen molar-refractivity contribution in [2.24, 2.45) is 0 Å². The van der Waals surface area contributed by atoms with Crippen molar-refractivity contribution in [3.63, 3.8) is 0 Å². The summed E-state index contributed by atoms with van der Waals surface area (Å²) < 4.78 is 16.8. The van der Waals surface area contributed by atoms with Crippen molar-refractivity contribution < 1.29 is 79.5 Å². The molecule has 1 atom stereocenters. The zero-order valence-corrected chi connectivity index (χ0v) is 28.4. The molecular formula is C22H20NNa2O4PSU-. The normalized spacial score (nSPS) is 12.8. The second-order valence-electron chi connectivity index (χ2n) is 6.23. The maximum atomic E-state index is 11.7. The van der Waals surface area contributed by atoms with E-state index >= 15 is 0 Å². The van der Waals surface area contributed by atoms with Crippen LogP contribution in [0.1, 0.15) is 11.1 Å². The fourth-order valence-electron chi connectivity index (χ4n) is 3.27. The molecule has 1 N–H and O–H groups in total. The molecule has 4 rings (SSSR count). The van der Waals surface area contributed by atoms with Gasteiger partial charge < -0.3 is 26.6 Å². The van der Waals surface area contributed by atoms with Gasteiger partial charge in [0.2, 0.25) is 0 Å². The van der Waals surface area contributed by atoms with E-state index in [4.69, 9.17) is 4.52 Å². The topological polar surface area (TPSA) is 72.8 Å². The number of anilines is 2. The number of phosphoric ester groups is 1. The Morgan fingerprint density at radius 1 is 0.938 bits per heavy atom. The Bertz CT molecular complexity index is 1060. The van der Waals surface area contributed by atoms with Gasteiger partial charge in [-0.25, -0.2) is 0 Å². The molecule has 3 aromatic rings. The van der Waals surface area contributed by atoms with Crippen molar-refractivity contribution in [3.8, 4) is 0 Å². The number of benzene rings is 3. The SMILES string of the molecule is CN1c2ccccc2C(=C(OP(=O)([O-])O)Sc2ccccc2)c2ccccc21.[CH3-].[Na+].[Na].[U]. The number of phosphoric acid groups is 1. The summed E-state index contributed by atoms with van der Waals surface area (Å²) in [5, 5.41) is 0.111. The minimum atomic E-state index is -5.01. The molecule has 10 heteroatoms. The minimum absolute atomic E-state index is 0. The second kappa shape index (κ2) is 14.2. The van der Waals surface area contributed by atoms with Crippen molar-refractivity contribution in [1.29, 1.82) is 0 Å². The maximum absolute atomic E-state index is 11.7. The van der Waals surface area contributed by atoms with Crippen molar-refractivity contribution in [3.05, 3.63) is 103 Å². The van der Waals surface area contributed by atoms with Gasteiger partial charge in [-0.05, 0) is 24.3 Å². The van der Waals surface area contributed by atoms with Crippen LogP contribution in [0, 0.1) is 38.5 Å². The summed E-state index contributed by atoms with van der Waals surface area (Å²) in [6.45, 7) is 0. The van der Waals surface area contributed by atoms with Crippen LogP contribution < -0.4 is 39.4 Å². The molecule has 0 bridgehead atoms. The fourth-order valence-corrected chi connectivity index (χ4v) is 4.83. The van der Waals surface area contributed by atoms with Crippen molar-refractivity contribution in [2.75, 3.05) is 11.9 Å². The molecule has 1 unspecified atom stereocenters. The Labute approximate surface area is 261 Å². The third-order valence-electron chi connectivity index (χ3n) is 4.43. The first-order valence-corrected chi connectivity index (χ1v) is 10.9. The van der Waals surface area contributed by atoms with Crippen molar-refractivity contribution >= 4 is 66.1 Å². The van der Waals surface area contributed by atoms with E-state index in [0.29, 0.717) is 5.57 Å². The Morgan fingerprint density at radius 2 is 1.38 bits per heavy atom. The van der Waals surface area contributed by atoms with Gasteiger partial charge in [-0.1, -0.05) is 66.4 Å². The molecule has 155 valence electrons. The summed E-state index contributed by atoms with van der Waals surface area (Å²) in [5.74, 6) is 0. The molecule has 1 aliphatic rings. The largest absolute Gasteiger partial charge is 1.00 e. The third-order valence-corrected chi connectivity index (χ3v) is 5.94. The monoisotopic (exact) mass is 709 g/mol. The van der Waals surface area contributed by atoms with Crippen molar-refractivity contribution in [2.45, 2.75) is 4.90 Å². The summed E-state index contributed by atoms with van der Waals surface area (Å²) in [6, 6.07) is 24.7. The van der Waals surface area contributed by atoms with Crippen LogP contribution in [0.2, 0.25) is 0 Å². The molecule has 3 aromatic carbocycles. The summed E-state index contributed by atoms with van der Waals surface area (Å²) >= 11 is 1.16. The minimum Gasteiger partial charge on any atom is -0.746 e. The van der Waals surface area contributed by atoms with E-state index in [1.165, 1.54) is 0 Å². The van der Waals surface area contributed by atoms with Gasteiger partial charge in [-0.3, -0.25) is 4.57 Å². The van der Waals surface area contributed by atoms with Crippen molar-refractivity contribution in [1.82, 2.24) is 0 Å². The van der Waals surface area contributed by atoms with E-state index in [9.17, 15) is 14.4 Å². The predicted molar refractivity (Wildman–Crippen MR) is 122 cm³/mol. The van der Waals surface area contributed by atoms with Crippen LogP contribution in [-0.2, 0) is 9.09 Å². The second-order valence-corrected chi connectivity index (χ2v) is 8.40. The van der Waals surface area contributed by atoms with Gasteiger partial charge in [0.1, 0.15) is 0 Å². The number of thioether (sulfide) groups is 1. The van der Waals surface area contributed by atoms with Crippen LogP contribution in [0.25, 0.3) is 5.57 Å². The van der Waals surface area contributed by atoms with E-state index in [1.807, 2.05) is 85.9 Å². The van der Waals surface area contributed by atoms with Gasteiger partial charge >= 0.3 is 37.4 Å². The smallest absolute Gasteiger partial charge is 0.746 e. The number of fused-ring (bicyclic) bond motifs is 2. The van der Waals surface area contributed by atoms with E-state index < -0.39 is 7.82 Å². The van der Waals surface area contributed by atoms with E-state index in [-0.39, 0.29) is 103 Å². The van der Waals surface area contributed by atoms with Gasteiger partial charge in [0.25, 0.3) is 0 Å². The molecule has 0 fully saturated rings. The number of hydrogen-bond acceptors (Lipinski definition) is 5. The summed E-state index contributed by atoms with van der Waals surface area (Å²) in [6.07, 6.45) is 0. The van der Waals surface area contributed by atoms with Crippen LogP contribution >= 0.6 is 19.6 Å². The number of hydrogen-bond donors (Lipinski definition) is 1. The summed E-state index contributed by atoms with van der Waals surface area (Å²) in [4.78, 5) is 24.0.